The van der Waals surface area contributed by atoms with Crippen LogP contribution in [0.1, 0.15) is 31.4 Å². The maximum absolute atomic E-state index is 14.5. The van der Waals surface area contributed by atoms with E-state index in [1.54, 1.807) is 44.2 Å². The van der Waals surface area contributed by atoms with Gasteiger partial charge in [0, 0.05) is 45.1 Å². The normalized spacial score (nSPS) is 13.0. The molecular formula is C29H35F5N4O4. The molecule has 0 aliphatic heterocycles. The molecule has 2 unspecified atom stereocenters. The van der Waals surface area contributed by atoms with E-state index < -0.39 is 76.4 Å². The maximum Gasteiger partial charge on any atom is 0.246 e. The summed E-state index contributed by atoms with van der Waals surface area (Å²) in [6, 6.07) is 3.66. The topological polar surface area (TPSA) is 105 Å². The van der Waals surface area contributed by atoms with Gasteiger partial charge in [0.2, 0.25) is 23.5 Å². The summed E-state index contributed by atoms with van der Waals surface area (Å²) >= 11 is 0. The van der Waals surface area contributed by atoms with E-state index in [9.17, 15) is 36.3 Å². The van der Waals surface area contributed by atoms with Crippen LogP contribution in [0.4, 0.5) is 22.0 Å². The zero-order valence-electron chi connectivity index (χ0n) is 24.2. The molecule has 2 aromatic rings. The summed E-state index contributed by atoms with van der Waals surface area (Å²) in [6.07, 6.45) is 2.06. The molecule has 0 saturated carbocycles. The molecule has 230 valence electrons. The molecule has 0 saturated heterocycles. The number of hydrogen-bond acceptors (Lipinski definition) is 5. The van der Waals surface area contributed by atoms with Crippen molar-refractivity contribution in [3.05, 3.63) is 76.6 Å². The van der Waals surface area contributed by atoms with E-state index in [1.807, 2.05) is 0 Å². The van der Waals surface area contributed by atoms with Gasteiger partial charge in [-0.05, 0) is 44.0 Å². The van der Waals surface area contributed by atoms with Crippen molar-refractivity contribution in [3.63, 3.8) is 0 Å². The van der Waals surface area contributed by atoms with E-state index in [0.717, 1.165) is 16.8 Å². The molecule has 42 heavy (non-hydrogen) atoms. The van der Waals surface area contributed by atoms with Gasteiger partial charge in [0.1, 0.15) is 17.8 Å². The number of nitrogens with two attached hydrogens (primary N) is 1. The minimum absolute atomic E-state index is 0.0470. The molecule has 2 aromatic carbocycles. The summed E-state index contributed by atoms with van der Waals surface area (Å²) in [7, 11) is 5.15. The van der Waals surface area contributed by atoms with Gasteiger partial charge in [0.25, 0.3) is 0 Å². The Bertz CT molecular complexity index is 1300. The Labute approximate surface area is 241 Å². The minimum atomic E-state index is -2.35. The number of methoxy groups -OCH3 is 1. The maximum atomic E-state index is 14.5. The molecule has 3 amide bonds. The Hall–Kier alpha value is -4.00. The number of likely N-dealkylation sites (N-methyl/N-ethyl adjacent to an activating group) is 3. The molecule has 8 nitrogen and oxygen atoms in total. The fourth-order valence-corrected chi connectivity index (χ4v) is 4.09. The number of halogens is 5. The lowest BCUT2D eigenvalue weighted by Crippen LogP contribution is -2.55. The van der Waals surface area contributed by atoms with Crippen LogP contribution in [0, 0.1) is 29.1 Å². The summed E-state index contributed by atoms with van der Waals surface area (Å²) < 4.78 is 75.5. The van der Waals surface area contributed by atoms with Gasteiger partial charge >= 0.3 is 0 Å². The summed E-state index contributed by atoms with van der Waals surface area (Å²) in [4.78, 5) is 41.6. The van der Waals surface area contributed by atoms with Crippen LogP contribution in [-0.4, -0.2) is 73.4 Å². The van der Waals surface area contributed by atoms with Crippen molar-refractivity contribution in [1.29, 1.82) is 0 Å². The zero-order valence-corrected chi connectivity index (χ0v) is 24.2. The summed E-state index contributed by atoms with van der Waals surface area (Å²) in [5, 5.41) is 2.24. The first-order valence-electron chi connectivity index (χ1n) is 12.9. The van der Waals surface area contributed by atoms with Gasteiger partial charge in [0.05, 0.1) is 7.11 Å². The second-order valence-corrected chi connectivity index (χ2v) is 10.4. The van der Waals surface area contributed by atoms with Crippen LogP contribution < -0.4 is 15.8 Å². The molecule has 0 heterocycles. The predicted octanol–water partition coefficient (Wildman–Crippen LogP) is 3.26. The van der Waals surface area contributed by atoms with Crippen molar-refractivity contribution in [2.75, 3.05) is 28.3 Å². The van der Waals surface area contributed by atoms with Crippen LogP contribution >= 0.6 is 0 Å². The fraction of sp³-hybridized carbons (Fsp3) is 0.414. The third-order valence-electron chi connectivity index (χ3n) is 6.66. The number of benzene rings is 2. The lowest BCUT2D eigenvalue weighted by molar-refractivity contribution is -0.146. The highest BCUT2D eigenvalue weighted by Crippen LogP contribution is 2.26. The second kappa shape index (κ2) is 14.3. The molecule has 0 aliphatic carbocycles. The van der Waals surface area contributed by atoms with Crippen LogP contribution in [0.5, 0.6) is 5.75 Å². The summed E-state index contributed by atoms with van der Waals surface area (Å²) in [5.41, 5.74) is 4.69. The molecule has 3 N–H and O–H groups in total. The number of amides is 3. The largest absolute Gasteiger partial charge is 0.497 e. The first-order valence-corrected chi connectivity index (χ1v) is 12.9. The highest BCUT2D eigenvalue weighted by atomic mass is 19.2. The summed E-state index contributed by atoms with van der Waals surface area (Å²) in [6.45, 7) is 3.53. The van der Waals surface area contributed by atoms with Crippen LogP contribution in [0.3, 0.4) is 0 Å². The second-order valence-electron chi connectivity index (χ2n) is 10.4. The molecule has 0 aromatic heterocycles. The van der Waals surface area contributed by atoms with Gasteiger partial charge in [-0.15, -0.1) is 0 Å². The van der Waals surface area contributed by atoms with Crippen LogP contribution in [0.25, 0.3) is 0 Å². The van der Waals surface area contributed by atoms with Gasteiger partial charge in [-0.3, -0.25) is 14.4 Å². The number of nitrogens with zero attached hydrogens (tertiary/aromatic N) is 2. The Morgan fingerprint density at radius 2 is 1.43 bits per heavy atom. The summed E-state index contributed by atoms with van der Waals surface area (Å²) in [5.74, 6) is -12.7. The monoisotopic (exact) mass is 598 g/mol. The Kier molecular flexibility index (Phi) is 11.6. The van der Waals surface area contributed by atoms with Crippen molar-refractivity contribution < 1.29 is 41.1 Å². The van der Waals surface area contributed by atoms with Gasteiger partial charge in [-0.25, -0.2) is 22.0 Å². The van der Waals surface area contributed by atoms with Gasteiger partial charge < -0.3 is 25.6 Å². The Morgan fingerprint density at radius 1 is 0.905 bits per heavy atom. The average molecular weight is 599 g/mol. The molecule has 0 bridgehead atoms. The van der Waals surface area contributed by atoms with Crippen molar-refractivity contribution in [2.45, 2.75) is 50.7 Å². The van der Waals surface area contributed by atoms with E-state index in [0.29, 0.717) is 17.7 Å². The van der Waals surface area contributed by atoms with Gasteiger partial charge in [-0.2, -0.15) is 0 Å². The number of carbonyl (C=O) groups excluding carboxylic acids is 3. The molecular weight excluding hydrogens is 563 g/mol. The van der Waals surface area contributed by atoms with Crippen molar-refractivity contribution >= 4 is 17.7 Å². The zero-order chi connectivity index (χ0) is 31.9. The van der Waals surface area contributed by atoms with Crippen molar-refractivity contribution in [1.82, 2.24) is 15.1 Å². The third kappa shape index (κ3) is 8.28. The first-order chi connectivity index (χ1) is 19.5. The van der Waals surface area contributed by atoms with E-state index in [2.05, 4.69) is 5.32 Å². The van der Waals surface area contributed by atoms with Crippen LogP contribution in [0.15, 0.2) is 36.4 Å². The van der Waals surface area contributed by atoms with Gasteiger partial charge in [0.15, 0.2) is 23.3 Å². The first kappa shape index (κ1) is 34.2. The van der Waals surface area contributed by atoms with Crippen LogP contribution in [0.2, 0.25) is 0 Å². The molecule has 2 atom stereocenters. The fourth-order valence-electron chi connectivity index (χ4n) is 4.09. The Morgan fingerprint density at radius 3 is 1.90 bits per heavy atom. The lowest BCUT2D eigenvalue weighted by Gasteiger charge is -2.34. The number of nitrogens with one attached hydrogen (secondary N) is 1. The number of hydrogen-bond donors (Lipinski definition) is 2. The van der Waals surface area contributed by atoms with Crippen molar-refractivity contribution in [2.24, 2.45) is 5.73 Å². The van der Waals surface area contributed by atoms with Crippen LogP contribution in [-0.2, 0) is 27.2 Å². The van der Waals surface area contributed by atoms with Gasteiger partial charge in [-0.1, -0.05) is 18.2 Å². The minimum Gasteiger partial charge on any atom is -0.497 e. The molecule has 0 spiro atoms. The highest BCUT2D eigenvalue weighted by molar-refractivity contribution is 5.95. The van der Waals surface area contributed by atoms with E-state index in [-0.39, 0.29) is 6.42 Å². The van der Waals surface area contributed by atoms with E-state index >= 15 is 0 Å². The SMILES string of the molecule is CNC(=O)C(Cc1c(F)c(F)c(F)c(F)c1F)N(C)C(=O)C(Cc1ccc(OC)cc1)N(C)C(=O)/C=C/CC(C)(C)N. The quantitative estimate of drug-likeness (QED) is 0.169. The number of carbonyl (C=O) groups is 3. The smallest absolute Gasteiger partial charge is 0.246 e. The van der Waals surface area contributed by atoms with E-state index in [4.69, 9.17) is 10.5 Å². The number of ether oxygens (including phenoxy) is 1. The average Bonchev–Trinajstić information content (AvgIpc) is 2.96. The molecule has 0 aliphatic rings. The molecule has 2 rings (SSSR count). The molecule has 13 heteroatoms. The molecule has 0 fully saturated rings. The van der Waals surface area contributed by atoms with Crippen molar-refractivity contribution in [3.8, 4) is 5.75 Å². The third-order valence-corrected chi connectivity index (χ3v) is 6.66. The highest BCUT2D eigenvalue weighted by Gasteiger charge is 2.37. The van der Waals surface area contributed by atoms with E-state index in [1.165, 1.54) is 27.3 Å². The Balaban J connectivity index is 2.51. The molecule has 0 radical (unpaired) electrons. The number of rotatable bonds is 12. The lowest BCUT2D eigenvalue weighted by atomic mass is 9.99. The predicted molar refractivity (Wildman–Crippen MR) is 146 cm³/mol. The standard InChI is InChI=1S/C29H35F5N4O4/c1-29(2,35)13-7-8-21(39)37(4)20(14-16-9-11-17(42-6)12-10-16)28(41)38(5)19(27(40)36-3)15-18-22(30)24(32)26(34)25(33)23(18)31/h7-12,19-20H,13-15,35H2,1-6H3,(H,36,40)/b8-7+.